The Morgan fingerprint density at radius 2 is 1.77 bits per heavy atom. The normalized spacial score (nSPS) is 44.2. The van der Waals surface area contributed by atoms with Crippen molar-refractivity contribution in [3.63, 3.8) is 0 Å². The fraction of sp³-hybridized carbons (Fsp3) is 1.00. The van der Waals surface area contributed by atoms with Gasteiger partial charge in [-0.1, -0.05) is 0 Å². The van der Waals surface area contributed by atoms with Crippen LogP contribution in [0.15, 0.2) is 0 Å². The Hall–Kier alpha value is -0.400. The summed E-state index contributed by atoms with van der Waals surface area (Å²) in [5.41, 5.74) is -10.3. The first kappa shape index (κ1) is 10.7. The highest BCUT2D eigenvalue weighted by Crippen LogP contribution is 2.44. The average Bonchev–Trinajstić information content (AvgIpc) is 2.14. The van der Waals surface area contributed by atoms with E-state index in [1.54, 1.807) is 0 Å². The maximum Gasteiger partial charge on any atom is 0.276 e. The second kappa shape index (κ2) is 2.79. The molecule has 0 radical (unpaired) electrons. The van der Waals surface area contributed by atoms with Crippen LogP contribution in [0.1, 0.15) is 6.42 Å². The molecule has 1 heterocycles. The summed E-state index contributed by atoms with van der Waals surface area (Å²) in [5.74, 6) is 0. The van der Waals surface area contributed by atoms with Crippen molar-refractivity contribution >= 4 is 9.84 Å². The molecule has 0 amide bonds. The van der Waals surface area contributed by atoms with Crippen molar-refractivity contribution in [2.45, 2.75) is 29.5 Å². The fourth-order valence-corrected chi connectivity index (χ4v) is 2.54. The molecular formula is C5H5F5O2S. The maximum absolute atomic E-state index is 12.8. The molecule has 0 aromatic heterocycles. The largest absolute Gasteiger partial charge is 0.276 e. The SMILES string of the molecule is O=S1(=O)C(F)CC(F)(C(F)F)C1F. The second-order valence-electron chi connectivity index (χ2n) is 2.75. The van der Waals surface area contributed by atoms with Crippen LogP contribution in [0.25, 0.3) is 0 Å². The number of sulfone groups is 1. The fourth-order valence-electron chi connectivity index (χ4n) is 1.05. The highest BCUT2D eigenvalue weighted by Gasteiger charge is 2.65. The Labute approximate surface area is 70.6 Å². The van der Waals surface area contributed by atoms with Gasteiger partial charge in [-0.3, -0.25) is 0 Å². The van der Waals surface area contributed by atoms with E-state index in [9.17, 15) is 30.4 Å². The zero-order valence-corrected chi connectivity index (χ0v) is 6.87. The average molecular weight is 224 g/mol. The van der Waals surface area contributed by atoms with Crippen molar-refractivity contribution in [2.24, 2.45) is 0 Å². The molecule has 13 heavy (non-hydrogen) atoms. The van der Waals surface area contributed by atoms with Gasteiger partial charge in [0, 0.05) is 6.42 Å². The molecule has 0 aromatic carbocycles. The molecule has 78 valence electrons. The van der Waals surface area contributed by atoms with Gasteiger partial charge in [-0.2, -0.15) is 0 Å². The monoisotopic (exact) mass is 224 g/mol. The molecule has 2 nitrogen and oxygen atoms in total. The molecule has 0 aliphatic carbocycles. The molecule has 3 unspecified atom stereocenters. The minimum absolute atomic E-state index is 1.64. The number of hydrogen-bond acceptors (Lipinski definition) is 2. The summed E-state index contributed by atoms with van der Waals surface area (Å²) in [5, 5.41) is 0. The Morgan fingerprint density at radius 1 is 1.31 bits per heavy atom. The zero-order chi connectivity index (χ0) is 10.4. The predicted octanol–water partition coefficient (Wildman–Crippen LogP) is 1.37. The first-order valence-electron chi connectivity index (χ1n) is 3.21. The van der Waals surface area contributed by atoms with E-state index in [-0.39, 0.29) is 0 Å². The van der Waals surface area contributed by atoms with Crippen LogP contribution >= 0.6 is 0 Å². The van der Waals surface area contributed by atoms with Crippen molar-refractivity contribution in [3.8, 4) is 0 Å². The minimum atomic E-state index is -5.04. The summed E-state index contributed by atoms with van der Waals surface area (Å²) in [4.78, 5) is 0. The first-order chi connectivity index (χ1) is 5.73. The van der Waals surface area contributed by atoms with Gasteiger partial charge >= 0.3 is 0 Å². The van der Waals surface area contributed by atoms with Crippen LogP contribution in [-0.2, 0) is 9.84 Å². The lowest BCUT2D eigenvalue weighted by molar-refractivity contribution is -0.0615. The van der Waals surface area contributed by atoms with E-state index in [0.29, 0.717) is 0 Å². The molecule has 1 aliphatic heterocycles. The second-order valence-corrected chi connectivity index (χ2v) is 4.85. The molecule has 0 N–H and O–H groups in total. The Kier molecular flexibility index (Phi) is 2.29. The van der Waals surface area contributed by atoms with Gasteiger partial charge in [0.15, 0.2) is 0 Å². The lowest BCUT2D eigenvalue weighted by atomic mass is 10.1. The molecule has 8 heteroatoms. The van der Waals surface area contributed by atoms with Crippen molar-refractivity contribution in [2.75, 3.05) is 0 Å². The third kappa shape index (κ3) is 1.31. The molecule has 1 saturated heterocycles. The minimum Gasteiger partial charge on any atom is -0.233 e. The maximum atomic E-state index is 12.8. The zero-order valence-electron chi connectivity index (χ0n) is 6.05. The number of halogens is 5. The van der Waals surface area contributed by atoms with Gasteiger partial charge in [0.25, 0.3) is 6.43 Å². The van der Waals surface area contributed by atoms with Crippen molar-refractivity contribution in [1.29, 1.82) is 0 Å². The summed E-state index contributed by atoms with van der Waals surface area (Å²) in [6.45, 7) is 0. The smallest absolute Gasteiger partial charge is 0.233 e. The summed E-state index contributed by atoms with van der Waals surface area (Å²) in [7, 11) is -5.04. The van der Waals surface area contributed by atoms with Crippen LogP contribution < -0.4 is 0 Å². The van der Waals surface area contributed by atoms with Crippen LogP contribution in [0.4, 0.5) is 22.0 Å². The number of rotatable bonds is 1. The third-order valence-electron chi connectivity index (χ3n) is 1.86. The van der Waals surface area contributed by atoms with Gasteiger partial charge in [-0.05, 0) is 0 Å². The van der Waals surface area contributed by atoms with Gasteiger partial charge in [0.2, 0.25) is 26.5 Å². The first-order valence-corrected chi connectivity index (χ1v) is 4.82. The van der Waals surface area contributed by atoms with Crippen LogP contribution in [0.2, 0.25) is 0 Å². The topological polar surface area (TPSA) is 34.1 Å². The van der Waals surface area contributed by atoms with Crippen LogP contribution in [0.3, 0.4) is 0 Å². The Morgan fingerprint density at radius 3 is 1.92 bits per heavy atom. The molecular weight excluding hydrogens is 219 g/mol. The van der Waals surface area contributed by atoms with E-state index < -0.39 is 39.4 Å². The number of hydrogen-bond donors (Lipinski definition) is 0. The molecule has 0 bridgehead atoms. The standard InChI is InChI=1S/C5H5F5O2S/c6-2-1-5(10,3(7)8)4(9)13(2,11)12/h2-4H,1H2. The van der Waals surface area contributed by atoms with E-state index in [1.165, 1.54) is 0 Å². The van der Waals surface area contributed by atoms with E-state index in [2.05, 4.69) is 0 Å². The molecule has 1 aliphatic rings. The van der Waals surface area contributed by atoms with E-state index >= 15 is 0 Å². The van der Waals surface area contributed by atoms with Crippen LogP contribution in [0.5, 0.6) is 0 Å². The van der Waals surface area contributed by atoms with Gasteiger partial charge < -0.3 is 0 Å². The quantitative estimate of drug-likeness (QED) is 0.630. The lowest BCUT2D eigenvalue weighted by Crippen LogP contribution is -2.39. The molecule has 0 aromatic rings. The summed E-state index contributed by atoms with van der Waals surface area (Å²) in [6, 6.07) is 0. The Balaban J connectivity index is 3.11. The summed E-state index contributed by atoms with van der Waals surface area (Å²) < 4.78 is 82.5. The van der Waals surface area contributed by atoms with Gasteiger partial charge in [-0.25, -0.2) is 30.4 Å². The van der Waals surface area contributed by atoms with E-state index in [4.69, 9.17) is 0 Å². The lowest BCUT2D eigenvalue weighted by Gasteiger charge is -2.17. The van der Waals surface area contributed by atoms with Gasteiger partial charge in [-0.15, -0.1) is 0 Å². The van der Waals surface area contributed by atoms with Crippen molar-refractivity contribution in [1.82, 2.24) is 0 Å². The molecule has 1 rings (SSSR count). The van der Waals surface area contributed by atoms with Gasteiger partial charge in [0.05, 0.1) is 0 Å². The molecule has 1 fully saturated rings. The van der Waals surface area contributed by atoms with Crippen molar-refractivity contribution < 1.29 is 30.4 Å². The number of alkyl halides is 5. The highest BCUT2D eigenvalue weighted by atomic mass is 32.2. The molecule has 3 atom stereocenters. The van der Waals surface area contributed by atoms with Crippen LogP contribution in [-0.4, -0.2) is 31.5 Å². The van der Waals surface area contributed by atoms with Crippen molar-refractivity contribution in [3.05, 3.63) is 0 Å². The molecule has 0 saturated carbocycles. The highest BCUT2D eigenvalue weighted by molar-refractivity contribution is 7.92. The Bertz CT molecular complexity index is 302. The summed E-state index contributed by atoms with van der Waals surface area (Å²) >= 11 is 0. The summed E-state index contributed by atoms with van der Waals surface area (Å²) in [6.07, 6.45) is -5.49. The van der Waals surface area contributed by atoms with E-state index in [0.717, 1.165) is 0 Å². The predicted molar refractivity (Wildman–Crippen MR) is 33.2 cm³/mol. The third-order valence-corrected chi connectivity index (χ3v) is 3.71. The molecule has 0 spiro atoms. The van der Waals surface area contributed by atoms with E-state index in [1.807, 2.05) is 0 Å². The van der Waals surface area contributed by atoms with Gasteiger partial charge in [0.1, 0.15) is 0 Å². The van der Waals surface area contributed by atoms with Crippen LogP contribution in [0, 0.1) is 0 Å².